The van der Waals surface area contributed by atoms with Crippen LogP contribution < -0.4 is 10.1 Å². The van der Waals surface area contributed by atoms with Gasteiger partial charge in [-0.05, 0) is 24.3 Å². The molecule has 1 aromatic carbocycles. The van der Waals surface area contributed by atoms with E-state index in [2.05, 4.69) is 26.0 Å². The summed E-state index contributed by atoms with van der Waals surface area (Å²) in [5.41, 5.74) is 1.29. The topological polar surface area (TPSA) is 64.6 Å². The summed E-state index contributed by atoms with van der Waals surface area (Å²) in [4.78, 5) is 22.8. The zero-order valence-corrected chi connectivity index (χ0v) is 11.8. The van der Waals surface area contributed by atoms with E-state index in [1.54, 1.807) is 6.08 Å². The number of carbonyl (C=O) groups is 2. The first kappa shape index (κ1) is 13.6. The van der Waals surface area contributed by atoms with Gasteiger partial charge in [-0.1, -0.05) is 15.9 Å². The van der Waals surface area contributed by atoms with Gasteiger partial charge in [0.2, 0.25) is 0 Å². The predicted molar refractivity (Wildman–Crippen MR) is 72.6 cm³/mol. The fourth-order valence-electron chi connectivity index (χ4n) is 1.62. The van der Waals surface area contributed by atoms with Gasteiger partial charge in [-0.3, -0.25) is 9.59 Å². The maximum absolute atomic E-state index is 11.8. The molecule has 0 radical (unpaired) electrons. The number of fused-ring (bicyclic) bond motifs is 1. The average molecular weight is 326 g/mol. The Balaban J connectivity index is 2.10. The van der Waals surface area contributed by atoms with Crippen LogP contribution in [-0.2, 0) is 14.3 Å². The normalized spacial score (nSPS) is 12.8. The van der Waals surface area contributed by atoms with Crippen LogP contribution in [0.2, 0.25) is 0 Å². The third-order valence-electron chi connectivity index (χ3n) is 2.60. The van der Waals surface area contributed by atoms with Gasteiger partial charge in [-0.25, -0.2) is 0 Å². The number of benzene rings is 1. The van der Waals surface area contributed by atoms with Gasteiger partial charge in [0.1, 0.15) is 18.9 Å². The Morgan fingerprint density at radius 1 is 1.47 bits per heavy atom. The van der Waals surface area contributed by atoms with Crippen molar-refractivity contribution in [1.29, 1.82) is 0 Å². The van der Waals surface area contributed by atoms with Gasteiger partial charge >= 0.3 is 5.97 Å². The molecule has 1 N–H and O–H groups in total. The van der Waals surface area contributed by atoms with Crippen LogP contribution in [0.3, 0.4) is 0 Å². The second-order valence-electron chi connectivity index (χ2n) is 3.90. The van der Waals surface area contributed by atoms with Crippen LogP contribution in [0, 0.1) is 0 Å². The largest absolute Gasteiger partial charge is 0.488 e. The SMILES string of the molecule is COC(=O)CNC(=O)C1=Cc2cc(Br)ccc2OC1. The molecule has 0 unspecified atom stereocenters. The fourth-order valence-corrected chi connectivity index (χ4v) is 2.00. The maximum atomic E-state index is 11.8. The quantitative estimate of drug-likeness (QED) is 0.856. The van der Waals surface area contributed by atoms with Gasteiger partial charge in [0.15, 0.2) is 0 Å². The highest BCUT2D eigenvalue weighted by Crippen LogP contribution is 2.29. The fraction of sp³-hybridized carbons (Fsp3) is 0.231. The molecule has 1 amide bonds. The molecule has 0 saturated carbocycles. The summed E-state index contributed by atoms with van der Waals surface area (Å²) in [7, 11) is 1.27. The summed E-state index contributed by atoms with van der Waals surface area (Å²) >= 11 is 3.36. The lowest BCUT2D eigenvalue weighted by Gasteiger charge is -2.17. The molecule has 0 atom stereocenters. The van der Waals surface area contributed by atoms with Crippen molar-refractivity contribution < 1.29 is 19.1 Å². The highest BCUT2D eigenvalue weighted by Gasteiger charge is 2.17. The Morgan fingerprint density at radius 3 is 3.00 bits per heavy atom. The standard InChI is InChI=1S/C13H12BrNO4/c1-18-12(16)6-15-13(17)9-4-8-5-10(14)2-3-11(8)19-7-9/h2-5H,6-7H2,1H3,(H,15,17). The lowest BCUT2D eigenvalue weighted by molar-refractivity contribution is -0.140. The molecular weight excluding hydrogens is 314 g/mol. The highest BCUT2D eigenvalue weighted by atomic mass is 79.9. The predicted octanol–water partition coefficient (Wildman–Crippen LogP) is 1.51. The number of esters is 1. The van der Waals surface area contributed by atoms with Crippen LogP contribution in [0.25, 0.3) is 6.08 Å². The molecule has 0 aromatic heterocycles. The minimum atomic E-state index is -0.492. The monoisotopic (exact) mass is 325 g/mol. The van der Waals surface area contributed by atoms with Crippen LogP contribution in [0.5, 0.6) is 5.75 Å². The summed E-state index contributed by atoms with van der Waals surface area (Å²) < 4.78 is 10.8. The van der Waals surface area contributed by atoms with Crippen molar-refractivity contribution in [2.75, 3.05) is 20.3 Å². The van der Waals surface area contributed by atoms with Crippen LogP contribution in [-0.4, -0.2) is 32.1 Å². The van der Waals surface area contributed by atoms with E-state index in [9.17, 15) is 9.59 Å². The summed E-state index contributed by atoms with van der Waals surface area (Å²) in [5, 5.41) is 2.48. The number of rotatable bonds is 3. The number of nitrogens with one attached hydrogen (secondary N) is 1. The Kier molecular flexibility index (Phi) is 4.21. The van der Waals surface area contributed by atoms with E-state index in [1.807, 2.05) is 18.2 Å². The molecule has 0 aliphatic carbocycles. The van der Waals surface area contributed by atoms with Crippen molar-refractivity contribution in [2.45, 2.75) is 0 Å². The molecular formula is C13H12BrNO4. The van der Waals surface area contributed by atoms with E-state index < -0.39 is 5.97 Å². The second kappa shape index (κ2) is 5.88. The minimum Gasteiger partial charge on any atom is -0.488 e. The number of amides is 1. The van der Waals surface area contributed by atoms with Crippen molar-refractivity contribution in [3.63, 3.8) is 0 Å². The van der Waals surface area contributed by atoms with Crippen molar-refractivity contribution in [3.05, 3.63) is 33.8 Å². The number of hydrogen-bond donors (Lipinski definition) is 1. The highest BCUT2D eigenvalue weighted by molar-refractivity contribution is 9.10. The van der Waals surface area contributed by atoms with E-state index in [4.69, 9.17) is 4.74 Å². The Bertz CT molecular complexity index is 554. The van der Waals surface area contributed by atoms with Crippen LogP contribution in [0.4, 0.5) is 0 Å². The number of hydrogen-bond acceptors (Lipinski definition) is 4. The van der Waals surface area contributed by atoms with Crippen LogP contribution in [0.1, 0.15) is 5.56 Å². The van der Waals surface area contributed by atoms with Gasteiger partial charge in [-0.15, -0.1) is 0 Å². The van der Waals surface area contributed by atoms with Crippen molar-refractivity contribution in [1.82, 2.24) is 5.32 Å². The summed E-state index contributed by atoms with van der Waals surface area (Å²) in [5.74, 6) is -0.0995. The molecule has 1 aliphatic rings. The third-order valence-corrected chi connectivity index (χ3v) is 3.09. The molecule has 0 fully saturated rings. The van der Waals surface area contributed by atoms with Crippen molar-refractivity contribution in [2.24, 2.45) is 0 Å². The Morgan fingerprint density at radius 2 is 2.26 bits per heavy atom. The van der Waals surface area contributed by atoms with Gasteiger partial charge < -0.3 is 14.8 Å². The van der Waals surface area contributed by atoms with Gasteiger partial charge in [-0.2, -0.15) is 0 Å². The molecule has 6 heteroatoms. The lowest BCUT2D eigenvalue weighted by atomic mass is 10.1. The summed E-state index contributed by atoms with van der Waals surface area (Å²) in [6, 6.07) is 5.57. The molecule has 5 nitrogen and oxygen atoms in total. The Hall–Kier alpha value is -1.82. The molecule has 0 saturated heterocycles. The first-order chi connectivity index (χ1) is 9.10. The molecule has 0 spiro atoms. The second-order valence-corrected chi connectivity index (χ2v) is 4.81. The lowest BCUT2D eigenvalue weighted by Crippen LogP contribution is -2.33. The van der Waals surface area contributed by atoms with Crippen LogP contribution in [0.15, 0.2) is 28.2 Å². The molecule has 1 aliphatic heterocycles. The van der Waals surface area contributed by atoms with Crippen molar-refractivity contribution >= 4 is 33.9 Å². The number of ether oxygens (including phenoxy) is 2. The average Bonchev–Trinajstić information content (AvgIpc) is 2.43. The van der Waals surface area contributed by atoms with Gasteiger partial charge in [0.25, 0.3) is 5.91 Å². The first-order valence-electron chi connectivity index (χ1n) is 5.58. The van der Waals surface area contributed by atoms with E-state index in [0.29, 0.717) is 5.57 Å². The minimum absolute atomic E-state index is 0.155. The van der Waals surface area contributed by atoms with E-state index in [-0.39, 0.29) is 19.1 Å². The molecule has 2 rings (SSSR count). The van der Waals surface area contributed by atoms with Crippen LogP contribution >= 0.6 is 15.9 Å². The number of halogens is 1. The first-order valence-corrected chi connectivity index (χ1v) is 6.37. The van der Waals surface area contributed by atoms with E-state index in [1.165, 1.54) is 7.11 Å². The number of methoxy groups -OCH3 is 1. The Labute approximate surface area is 118 Å². The van der Waals surface area contributed by atoms with E-state index >= 15 is 0 Å². The summed E-state index contributed by atoms with van der Waals surface area (Å²) in [6.07, 6.45) is 1.75. The molecule has 1 aromatic rings. The third kappa shape index (κ3) is 3.35. The molecule has 19 heavy (non-hydrogen) atoms. The summed E-state index contributed by atoms with van der Waals surface area (Å²) in [6.45, 7) is 0.0274. The molecule has 0 bridgehead atoms. The zero-order chi connectivity index (χ0) is 13.8. The van der Waals surface area contributed by atoms with Gasteiger partial charge in [0.05, 0.1) is 12.7 Å². The molecule has 100 valence electrons. The molecule has 1 heterocycles. The van der Waals surface area contributed by atoms with Crippen molar-refractivity contribution in [3.8, 4) is 5.75 Å². The maximum Gasteiger partial charge on any atom is 0.325 e. The smallest absolute Gasteiger partial charge is 0.325 e. The van der Waals surface area contributed by atoms with E-state index in [0.717, 1.165) is 15.8 Å². The van der Waals surface area contributed by atoms with Gasteiger partial charge in [0, 0.05) is 10.0 Å². The zero-order valence-electron chi connectivity index (χ0n) is 10.2. The number of carbonyl (C=O) groups excluding carboxylic acids is 2.